The zero-order valence-electron chi connectivity index (χ0n) is 7.23. The highest BCUT2D eigenvalue weighted by Gasteiger charge is 2.09. The molecule has 0 spiro atoms. The second-order valence-corrected chi connectivity index (χ2v) is 4.08. The molecule has 0 saturated carbocycles. The molecule has 0 aliphatic carbocycles. The first-order valence-electron chi connectivity index (χ1n) is 4.25. The van der Waals surface area contributed by atoms with E-state index in [1.165, 1.54) is 6.08 Å². The van der Waals surface area contributed by atoms with Crippen molar-refractivity contribution in [1.29, 1.82) is 0 Å². The van der Waals surface area contributed by atoms with Crippen molar-refractivity contribution >= 4 is 23.7 Å². The number of rotatable bonds is 0. The SMILES string of the molecule is O=C1C=Cc2cc3c(cc2=N1)SCN=3. The molecular formula is C10H6N2OS. The minimum atomic E-state index is -0.183. The van der Waals surface area contributed by atoms with E-state index in [0.29, 0.717) is 0 Å². The average Bonchev–Trinajstić information content (AvgIpc) is 2.61. The quantitative estimate of drug-likeness (QED) is 0.616. The average molecular weight is 202 g/mol. The summed E-state index contributed by atoms with van der Waals surface area (Å²) in [5.74, 6) is 0.591. The highest BCUT2D eigenvalue weighted by molar-refractivity contribution is 7.99. The molecule has 68 valence electrons. The summed E-state index contributed by atoms with van der Waals surface area (Å²) in [4.78, 5) is 20.4. The zero-order valence-corrected chi connectivity index (χ0v) is 8.04. The predicted molar refractivity (Wildman–Crippen MR) is 53.5 cm³/mol. The van der Waals surface area contributed by atoms with Crippen molar-refractivity contribution in [1.82, 2.24) is 0 Å². The third kappa shape index (κ3) is 1.11. The Labute approximate surface area is 84.3 Å². The van der Waals surface area contributed by atoms with Gasteiger partial charge in [-0.2, -0.15) is 0 Å². The summed E-state index contributed by atoms with van der Waals surface area (Å²) in [6, 6.07) is 3.92. The highest BCUT2D eigenvalue weighted by atomic mass is 32.2. The van der Waals surface area contributed by atoms with E-state index in [1.54, 1.807) is 17.8 Å². The van der Waals surface area contributed by atoms with Crippen molar-refractivity contribution < 1.29 is 4.79 Å². The van der Waals surface area contributed by atoms with Crippen molar-refractivity contribution in [3.05, 3.63) is 34.5 Å². The van der Waals surface area contributed by atoms with Gasteiger partial charge in [-0.15, -0.1) is 11.8 Å². The fourth-order valence-electron chi connectivity index (χ4n) is 1.53. The van der Waals surface area contributed by atoms with Gasteiger partial charge in [-0.1, -0.05) is 0 Å². The van der Waals surface area contributed by atoms with Crippen LogP contribution >= 0.6 is 11.8 Å². The molecule has 1 amide bonds. The lowest BCUT2D eigenvalue weighted by Gasteiger charge is -2.00. The Balaban J connectivity index is 2.38. The first kappa shape index (κ1) is 7.94. The van der Waals surface area contributed by atoms with Gasteiger partial charge in [0, 0.05) is 16.5 Å². The molecule has 2 aliphatic rings. The summed E-state index contributed by atoms with van der Waals surface area (Å²) < 4.78 is 0. The van der Waals surface area contributed by atoms with E-state index in [2.05, 4.69) is 9.98 Å². The standard InChI is InChI=1S/C10H6N2OS/c13-10-2-1-6-3-8-9(14-5-11-8)4-7(6)12-10/h1-4H,5H2. The molecule has 4 heteroatoms. The van der Waals surface area contributed by atoms with Crippen LogP contribution in [0.15, 0.2) is 33.1 Å². The summed E-state index contributed by atoms with van der Waals surface area (Å²) in [5.41, 5.74) is 0.981. The number of fused-ring (bicyclic) bond motifs is 2. The van der Waals surface area contributed by atoms with Crippen LogP contribution in [-0.2, 0) is 4.79 Å². The van der Waals surface area contributed by atoms with Crippen molar-refractivity contribution in [2.24, 2.45) is 9.98 Å². The lowest BCUT2D eigenvalue weighted by molar-refractivity contribution is -0.113. The number of amides is 1. The normalized spacial score (nSPS) is 17.0. The van der Waals surface area contributed by atoms with E-state index >= 15 is 0 Å². The number of carbonyl (C=O) groups is 1. The maximum atomic E-state index is 11.0. The minimum absolute atomic E-state index is 0.183. The van der Waals surface area contributed by atoms with Gasteiger partial charge >= 0.3 is 0 Å². The van der Waals surface area contributed by atoms with Crippen LogP contribution in [0.4, 0.5) is 0 Å². The number of benzene rings is 1. The Hall–Kier alpha value is -1.42. The minimum Gasteiger partial charge on any atom is -0.273 e. The maximum Gasteiger partial charge on any atom is 0.270 e. The molecule has 0 bridgehead atoms. The van der Waals surface area contributed by atoms with Crippen molar-refractivity contribution in [3.63, 3.8) is 0 Å². The van der Waals surface area contributed by atoms with Crippen LogP contribution in [0.5, 0.6) is 0 Å². The van der Waals surface area contributed by atoms with E-state index < -0.39 is 0 Å². The Bertz CT molecular complexity index is 575. The predicted octanol–water partition coefficient (Wildman–Crippen LogP) is 0.542. The molecule has 0 atom stereocenters. The first-order chi connectivity index (χ1) is 6.83. The summed E-state index contributed by atoms with van der Waals surface area (Å²) in [7, 11) is 0. The maximum absolute atomic E-state index is 11.0. The van der Waals surface area contributed by atoms with Gasteiger partial charge in [0.1, 0.15) is 0 Å². The van der Waals surface area contributed by atoms with Gasteiger partial charge in [-0.05, 0) is 18.2 Å². The molecule has 14 heavy (non-hydrogen) atoms. The van der Waals surface area contributed by atoms with Crippen molar-refractivity contribution in [2.45, 2.75) is 4.90 Å². The number of hydrogen-bond acceptors (Lipinski definition) is 3. The molecule has 3 rings (SSSR count). The van der Waals surface area contributed by atoms with Gasteiger partial charge in [0.2, 0.25) is 0 Å². The van der Waals surface area contributed by atoms with Gasteiger partial charge in [0.05, 0.1) is 16.6 Å². The second-order valence-electron chi connectivity index (χ2n) is 3.09. The van der Waals surface area contributed by atoms with E-state index in [0.717, 1.165) is 27.1 Å². The molecule has 2 aliphatic heterocycles. The van der Waals surface area contributed by atoms with Gasteiger partial charge < -0.3 is 0 Å². The smallest absolute Gasteiger partial charge is 0.270 e. The molecule has 0 saturated heterocycles. The summed E-state index contributed by atoms with van der Waals surface area (Å²) in [6.45, 7) is 0. The molecular weight excluding hydrogens is 196 g/mol. The van der Waals surface area contributed by atoms with Gasteiger partial charge in [-0.3, -0.25) is 9.79 Å². The van der Waals surface area contributed by atoms with Crippen molar-refractivity contribution in [3.8, 4) is 0 Å². The van der Waals surface area contributed by atoms with E-state index in [-0.39, 0.29) is 5.91 Å². The Morgan fingerprint density at radius 1 is 1.21 bits per heavy atom. The lowest BCUT2D eigenvalue weighted by atomic mass is 10.1. The monoisotopic (exact) mass is 202 g/mol. The number of carbonyl (C=O) groups excluding carboxylic acids is 1. The summed E-state index contributed by atoms with van der Waals surface area (Å²) in [5, 5.41) is 1.78. The molecule has 3 nitrogen and oxygen atoms in total. The number of hydrogen-bond donors (Lipinski definition) is 0. The topological polar surface area (TPSA) is 41.8 Å². The second kappa shape index (κ2) is 2.78. The van der Waals surface area contributed by atoms with Crippen LogP contribution in [0.2, 0.25) is 0 Å². The molecule has 1 aromatic rings. The van der Waals surface area contributed by atoms with E-state index in [4.69, 9.17) is 0 Å². The molecule has 1 aromatic carbocycles. The van der Waals surface area contributed by atoms with Crippen LogP contribution in [0.3, 0.4) is 0 Å². The van der Waals surface area contributed by atoms with Crippen LogP contribution in [0.1, 0.15) is 5.56 Å². The molecule has 0 unspecified atom stereocenters. The molecule has 0 fully saturated rings. The summed E-state index contributed by atoms with van der Waals surface area (Å²) in [6.07, 6.45) is 3.28. The molecule has 0 N–H and O–H groups in total. The Morgan fingerprint density at radius 2 is 2.14 bits per heavy atom. The number of thioether (sulfide) groups is 1. The lowest BCUT2D eigenvalue weighted by Crippen LogP contribution is -2.18. The third-order valence-corrected chi connectivity index (χ3v) is 3.10. The van der Waals surface area contributed by atoms with Crippen LogP contribution in [-0.4, -0.2) is 11.8 Å². The molecule has 2 heterocycles. The molecule has 0 aromatic heterocycles. The van der Waals surface area contributed by atoms with Gasteiger partial charge in [-0.25, -0.2) is 4.99 Å². The van der Waals surface area contributed by atoms with Crippen LogP contribution in [0.25, 0.3) is 6.08 Å². The zero-order chi connectivity index (χ0) is 9.54. The molecule has 0 radical (unpaired) electrons. The van der Waals surface area contributed by atoms with E-state index in [9.17, 15) is 4.79 Å². The van der Waals surface area contributed by atoms with E-state index in [1.807, 2.05) is 12.1 Å². The van der Waals surface area contributed by atoms with Gasteiger partial charge in [0.25, 0.3) is 5.91 Å². The largest absolute Gasteiger partial charge is 0.273 e. The van der Waals surface area contributed by atoms with Gasteiger partial charge in [0.15, 0.2) is 0 Å². The third-order valence-electron chi connectivity index (χ3n) is 2.20. The highest BCUT2D eigenvalue weighted by Crippen LogP contribution is 2.17. The summed E-state index contributed by atoms with van der Waals surface area (Å²) >= 11 is 1.68. The van der Waals surface area contributed by atoms with Crippen LogP contribution < -0.4 is 10.7 Å². The van der Waals surface area contributed by atoms with Crippen molar-refractivity contribution in [2.75, 3.05) is 5.88 Å². The Kier molecular flexibility index (Phi) is 1.58. The fourth-order valence-corrected chi connectivity index (χ4v) is 2.34. The number of nitrogens with zero attached hydrogens (tertiary/aromatic N) is 2. The first-order valence-corrected chi connectivity index (χ1v) is 5.23. The fraction of sp³-hybridized carbons (Fsp3) is 0.100. The Morgan fingerprint density at radius 3 is 3.07 bits per heavy atom. The van der Waals surface area contributed by atoms with Crippen LogP contribution in [0, 0.1) is 0 Å².